The summed E-state index contributed by atoms with van der Waals surface area (Å²) in [6, 6.07) is 17.9. The quantitative estimate of drug-likeness (QED) is 0.729. The average Bonchev–Trinajstić information content (AvgIpc) is 2.63. The van der Waals surface area contributed by atoms with E-state index in [1.807, 2.05) is 31.2 Å². The first-order chi connectivity index (χ1) is 12.1. The zero-order chi connectivity index (χ0) is 17.6. The third-order valence-corrected chi connectivity index (χ3v) is 4.68. The van der Waals surface area contributed by atoms with Crippen molar-refractivity contribution in [2.45, 2.75) is 23.4 Å². The van der Waals surface area contributed by atoms with E-state index in [0.717, 1.165) is 4.90 Å². The van der Waals surface area contributed by atoms with Crippen LogP contribution >= 0.6 is 11.8 Å². The molecule has 126 valence electrons. The summed E-state index contributed by atoms with van der Waals surface area (Å²) in [5.74, 6) is -0.603. The highest BCUT2D eigenvalue weighted by Crippen LogP contribution is 2.28. The van der Waals surface area contributed by atoms with Crippen molar-refractivity contribution in [1.82, 2.24) is 10.3 Å². The van der Waals surface area contributed by atoms with Crippen LogP contribution in [0.5, 0.6) is 0 Å². The van der Waals surface area contributed by atoms with E-state index in [1.165, 1.54) is 23.4 Å². The maximum Gasteiger partial charge on any atom is 0.254 e. The van der Waals surface area contributed by atoms with Gasteiger partial charge in [0, 0.05) is 23.2 Å². The molecule has 0 atom stereocenters. The molecule has 0 unspecified atom stereocenters. The van der Waals surface area contributed by atoms with E-state index in [1.54, 1.807) is 36.5 Å². The Morgan fingerprint density at radius 3 is 2.60 bits per heavy atom. The fourth-order valence-electron chi connectivity index (χ4n) is 2.28. The average molecular weight is 352 g/mol. The molecule has 3 rings (SSSR count). The van der Waals surface area contributed by atoms with Gasteiger partial charge in [0.05, 0.1) is 5.56 Å². The second-order valence-electron chi connectivity index (χ2n) is 5.55. The van der Waals surface area contributed by atoms with Crippen LogP contribution in [-0.4, -0.2) is 10.9 Å². The first kappa shape index (κ1) is 17.2. The molecule has 0 radical (unpaired) electrons. The molecule has 2 aromatic carbocycles. The van der Waals surface area contributed by atoms with Crippen molar-refractivity contribution in [3.8, 4) is 0 Å². The number of aryl methyl sites for hydroxylation is 1. The van der Waals surface area contributed by atoms with Gasteiger partial charge < -0.3 is 5.32 Å². The maximum absolute atomic E-state index is 13.7. The lowest BCUT2D eigenvalue weighted by molar-refractivity contribution is 0.0947. The van der Waals surface area contributed by atoms with E-state index in [2.05, 4.69) is 10.3 Å². The Balaban J connectivity index is 1.74. The number of pyridine rings is 1. The summed E-state index contributed by atoms with van der Waals surface area (Å²) in [7, 11) is 0. The SMILES string of the molecule is Cc1ccc(Sc2ncccc2C(=O)NCc2ccccc2F)cc1. The number of carbonyl (C=O) groups excluding carboxylic acids is 1. The summed E-state index contributed by atoms with van der Waals surface area (Å²) in [5, 5.41) is 3.38. The van der Waals surface area contributed by atoms with Gasteiger partial charge in [-0.05, 0) is 37.3 Å². The van der Waals surface area contributed by atoms with Crippen LogP contribution in [0, 0.1) is 12.7 Å². The van der Waals surface area contributed by atoms with E-state index >= 15 is 0 Å². The molecule has 1 aromatic heterocycles. The highest BCUT2D eigenvalue weighted by Gasteiger charge is 2.14. The minimum atomic E-state index is -0.330. The minimum absolute atomic E-state index is 0.134. The van der Waals surface area contributed by atoms with E-state index in [0.29, 0.717) is 16.2 Å². The number of hydrogen-bond acceptors (Lipinski definition) is 3. The molecule has 0 fully saturated rings. The van der Waals surface area contributed by atoms with Crippen LogP contribution in [0.2, 0.25) is 0 Å². The normalized spacial score (nSPS) is 10.5. The molecule has 1 N–H and O–H groups in total. The number of carbonyl (C=O) groups is 1. The zero-order valence-corrected chi connectivity index (χ0v) is 14.5. The topological polar surface area (TPSA) is 42.0 Å². The van der Waals surface area contributed by atoms with Gasteiger partial charge in [0.2, 0.25) is 0 Å². The predicted octanol–water partition coefficient (Wildman–Crippen LogP) is 4.61. The largest absolute Gasteiger partial charge is 0.348 e. The van der Waals surface area contributed by atoms with Gasteiger partial charge in [0.1, 0.15) is 10.8 Å². The number of halogens is 1. The molecule has 0 aliphatic heterocycles. The Morgan fingerprint density at radius 2 is 1.84 bits per heavy atom. The first-order valence-electron chi connectivity index (χ1n) is 7.84. The third-order valence-electron chi connectivity index (χ3n) is 3.65. The summed E-state index contributed by atoms with van der Waals surface area (Å²) in [4.78, 5) is 17.8. The van der Waals surface area contributed by atoms with Crippen LogP contribution in [0.4, 0.5) is 4.39 Å². The van der Waals surface area contributed by atoms with Gasteiger partial charge >= 0.3 is 0 Å². The third kappa shape index (κ3) is 4.45. The molecular formula is C20H17FN2OS. The molecule has 0 spiro atoms. The van der Waals surface area contributed by atoms with E-state index < -0.39 is 0 Å². The highest BCUT2D eigenvalue weighted by molar-refractivity contribution is 7.99. The number of amides is 1. The molecule has 0 aliphatic carbocycles. The summed E-state index contributed by atoms with van der Waals surface area (Å²) < 4.78 is 13.7. The first-order valence-corrected chi connectivity index (χ1v) is 8.66. The van der Waals surface area contributed by atoms with Crippen molar-refractivity contribution in [1.29, 1.82) is 0 Å². The monoisotopic (exact) mass is 352 g/mol. The van der Waals surface area contributed by atoms with Gasteiger partial charge in [-0.25, -0.2) is 9.37 Å². The number of nitrogens with zero attached hydrogens (tertiary/aromatic N) is 1. The number of benzene rings is 2. The van der Waals surface area contributed by atoms with Crippen molar-refractivity contribution in [2.24, 2.45) is 0 Å². The molecule has 1 heterocycles. The van der Waals surface area contributed by atoms with E-state index in [9.17, 15) is 9.18 Å². The lowest BCUT2D eigenvalue weighted by atomic mass is 10.2. The smallest absolute Gasteiger partial charge is 0.254 e. The van der Waals surface area contributed by atoms with Gasteiger partial charge in [-0.2, -0.15) is 0 Å². The summed E-state index contributed by atoms with van der Waals surface area (Å²) in [6.07, 6.45) is 1.66. The van der Waals surface area contributed by atoms with Crippen LogP contribution in [0.3, 0.4) is 0 Å². The van der Waals surface area contributed by atoms with Gasteiger partial charge in [0.25, 0.3) is 5.91 Å². The van der Waals surface area contributed by atoms with Crippen LogP contribution in [0.25, 0.3) is 0 Å². The van der Waals surface area contributed by atoms with Gasteiger partial charge in [-0.1, -0.05) is 47.7 Å². The summed E-state index contributed by atoms with van der Waals surface area (Å²) in [5.41, 5.74) is 2.10. The number of aromatic nitrogens is 1. The Hall–Kier alpha value is -2.66. The molecule has 1 amide bonds. The van der Waals surface area contributed by atoms with Crippen LogP contribution in [0.1, 0.15) is 21.5 Å². The Kier molecular flexibility index (Phi) is 5.46. The van der Waals surface area contributed by atoms with Crippen molar-refractivity contribution >= 4 is 17.7 Å². The molecule has 0 bridgehead atoms. The standard InChI is InChI=1S/C20H17FN2OS/c1-14-8-10-16(11-9-14)25-20-17(6-4-12-22-20)19(24)23-13-15-5-2-3-7-18(15)21/h2-12H,13H2,1H3,(H,23,24). The molecule has 25 heavy (non-hydrogen) atoms. The van der Waals surface area contributed by atoms with Gasteiger partial charge in [-0.15, -0.1) is 0 Å². The molecule has 5 heteroatoms. The predicted molar refractivity (Wildman–Crippen MR) is 97.1 cm³/mol. The molecule has 3 nitrogen and oxygen atoms in total. The van der Waals surface area contributed by atoms with Crippen molar-refractivity contribution in [3.63, 3.8) is 0 Å². The zero-order valence-electron chi connectivity index (χ0n) is 13.7. The summed E-state index contributed by atoms with van der Waals surface area (Å²) in [6.45, 7) is 2.16. The second-order valence-corrected chi connectivity index (χ2v) is 6.61. The lowest BCUT2D eigenvalue weighted by Crippen LogP contribution is -2.24. The molecular weight excluding hydrogens is 335 g/mol. The molecule has 0 aliphatic rings. The Labute approximate surface area is 150 Å². The maximum atomic E-state index is 13.7. The van der Waals surface area contributed by atoms with Gasteiger partial charge in [0.15, 0.2) is 0 Å². The molecule has 0 saturated carbocycles. The lowest BCUT2D eigenvalue weighted by Gasteiger charge is -2.10. The molecule has 0 saturated heterocycles. The van der Waals surface area contributed by atoms with Crippen molar-refractivity contribution in [2.75, 3.05) is 0 Å². The van der Waals surface area contributed by atoms with Crippen LogP contribution in [-0.2, 0) is 6.54 Å². The number of nitrogens with one attached hydrogen (secondary N) is 1. The molecule has 3 aromatic rings. The van der Waals surface area contributed by atoms with E-state index in [-0.39, 0.29) is 18.3 Å². The second kappa shape index (κ2) is 7.94. The van der Waals surface area contributed by atoms with E-state index in [4.69, 9.17) is 0 Å². The Bertz CT molecular complexity index is 881. The Morgan fingerprint density at radius 1 is 1.08 bits per heavy atom. The number of rotatable bonds is 5. The summed E-state index contributed by atoms with van der Waals surface area (Å²) >= 11 is 1.43. The fraction of sp³-hybridized carbons (Fsp3) is 0.100. The van der Waals surface area contributed by atoms with Crippen LogP contribution in [0.15, 0.2) is 76.8 Å². The fourth-order valence-corrected chi connectivity index (χ4v) is 3.16. The van der Waals surface area contributed by atoms with Crippen LogP contribution < -0.4 is 5.32 Å². The van der Waals surface area contributed by atoms with Gasteiger partial charge in [-0.3, -0.25) is 4.79 Å². The highest BCUT2D eigenvalue weighted by atomic mass is 32.2. The number of hydrogen-bond donors (Lipinski definition) is 1. The van der Waals surface area contributed by atoms with Crippen molar-refractivity contribution in [3.05, 3.63) is 89.4 Å². The minimum Gasteiger partial charge on any atom is -0.348 e. The van der Waals surface area contributed by atoms with Crippen molar-refractivity contribution < 1.29 is 9.18 Å².